The Morgan fingerprint density at radius 1 is 1.41 bits per heavy atom. The Labute approximate surface area is 103 Å². The molecule has 94 valence electrons. The molecule has 1 aliphatic carbocycles. The Morgan fingerprint density at radius 3 is 2.76 bits per heavy atom. The number of aromatic nitrogens is 2. The van der Waals surface area contributed by atoms with Gasteiger partial charge in [0.05, 0.1) is 7.11 Å². The second-order valence-corrected chi connectivity index (χ2v) is 5.45. The van der Waals surface area contributed by atoms with Crippen molar-refractivity contribution in [1.82, 2.24) is 9.97 Å². The lowest BCUT2D eigenvalue weighted by atomic mass is 9.87. The maximum Gasteiger partial charge on any atom is 0.226 e. The molecular weight excluding hydrogens is 214 g/mol. The maximum atomic E-state index is 5.16. The van der Waals surface area contributed by atoms with E-state index >= 15 is 0 Å². The van der Waals surface area contributed by atoms with Gasteiger partial charge in [-0.1, -0.05) is 20.3 Å². The van der Waals surface area contributed by atoms with E-state index in [2.05, 4.69) is 29.1 Å². The molecule has 0 aromatic carbocycles. The molecule has 1 N–H and O–H groups in total. The van der Waals surface area contributed by atoms with Gasteiger partial charge in [-0.05, 0) is 25.2 Å². The molecule has 1 aromatic heterocycles. The predicted octanol–water partition coefficient (Wildman–Crippen LogP) is 2.78. The molecule has 1 fully saturated rings. The van der Waals surface area contributed by atoms with Crippen molar-refractivity contribution in [2.24, 2.45) is 5.41 Å². The molecule has 4 heteroatoms. The zero-order valence-electron chi connectivity index (χ0n) is 11.1. The number of ether oxygens (including phenoxy) is 1. The van der Waals surface area contributed by atoms with E-state index in [4.69, 9.17) is 4.74 Å². The molecule has 0 saturated heterocycles. The topological polar surface area (TPSA) is 47.0 Å². The summed E-state index contributed by atoms with van der Waals surface area (Å²) in [5.41, 5.74) is 1.25. The minimum Gasteiger partial charge on any atom is -0.481 e. The summed E-state index contributed by atoms with van der Waals surface area (Å²) >= 11 is 0. The summed E-state index contributed by atoms with van der Waals surface area (Å²) in [6, 6.07) is 2.29. The lowest BCUT2D eigenvalue weighted by Crippen LogP contribution is -2.31. The highest BCUT2D eigenvalue weighted by Gasteiger charge is 2.34. The molecule has 0 bridgehead atoms. The zero-order chi connectivity index (χ0) is 12.5. The van der Waals surface area contributed by atoms with Crippen molar-refractivity contribution in [2.45, 2.75) is 46.1 Å². The van der Waals surface area contributed by atoms with Crippen molar-refractivity contribution < 1.29 is 4.74 Å². The number of hydrogen-bond donors (Lipinski definition) is 1. The first-order valence-corrected chi connectivity index (χ1v) is 6.17. The van der Waals surface area contributed by atoms with Gasteiger partial charge in [0.25, 0.3) is 0 Å². The van der Waals surface area contributed by atoms with Crippen LogP contribution in [0.25, 0.3) is 0 Å². The van der Waals surface area contributed by atoms with Crippen LogP contribution in [0.5, 0.6) is 5.88 Å². The van der Waals surface area contributed by atoms with E-state index in [0.717, 1.165) is 5.69 Å². The lowest BCUT2D eigenvalue weighted by molar-refractivity contribution is 0.347. The second kappa shape index (κ2) is 4.51. The van der Waals surface area contributed by atoms with Gasteiger partial charge in [0.2, 0.25) is 11.8 Å². The molecule has 1 heterocycles. The van der Waals surface area contributed by atoms with Gasteiger partial charge in [-0.2, -0.15) is 4.98 Å². The van der Waals surface area contributed by atoms with Crippen LogP contribution in [0.1, 0.15) is 38.8 Å². The number of nitrogens with one attached hydrogen (secondary N) is 1. The van der Waals surface area contributed by atoms with Gasteiger partial charge >= 0.3 is 0 Å². The van der Waals surface area contributed by atoms with Crippen molar-refractivity contribution in [3.63, 3.8) is 0 Å². The van der Waals surface area contributed by atoms with E-state index in [1.165, 1.54) is 19.3 Å². The summed E-state index contributed by atoms with van der Waals surface area (Å²) in [7, 11) is 1.63. The molecule has 1 saturated carbocycles. The first-order chi connectivity index (χ1) is 8.01. The Bertz CT molecular complexity index is 404. The predicted molar refractivity (Wildman–Crippen MR) is 68.4 cm³/mol. The molecular formula is C13H21N3O. The van der Waals surface area contributed by atoms with E-state index < -0.39 is 0 Å². The van der Waals surface area contributed by atoms with Gasteiger partial charge in [-0.15, -0.1) is 0 Å². The standard InChI is InChI=1S/C13H21N3O/c1-9-8-11(17-4)16-12(14-9)15-10-6-5-7-13(10,2)3/h8,10H,5-7H2,1-4H3,(H,14,15,16). The molecule has 17 heavy (non-hydrogen) atoms. The fourth-order valence-corrected chi connectivity index (χ4v) is 2.46. The van der Waals surface area contributed by atoms with E-state index in [0.29, 0.717) is 23.3 Å². The smallest absolute Gasteiger partial charge is 0.226 e. The van der Waals surface area contributed by atoms with Crippen LogP contribution in [0, 0.1) is 12.3 Å². The zero-order valence-corrected chi connectivity index (χ0v) is 11.1. The highest BCUT2D eigenvalue weighted by Crippen LogP contribution is 2.38. The van der Waals surface area contributed by atoms with Crippen LogP contribution >= 0.6 is 0 Å². The van der Waals surface area contributed by atoms with Crippen LogP contribution in [0.4, 0.5) is 5.95 Å². The first kappa shape index (κ1) is 12.1. The number of methoxy groups -OCH3 is 1. The average molecular weight is 235 g/mol. The first-order valence-electron chi connectivity index (χ1n) is 6.17. The molecule has 1 aliphatic rings. The van der Waals surface area contributed by atoms with Crippen molar-refractivity contribution >= 4 is 5.95 Å². The molecule has 0 aliphatic heterocycles. The summed E-state index contributed by atoms with van der Waals surface area (Å²) < 4.78 is 5.16. The Hall–Kier alpha value is -1.32. The van der Waals surface area contributed by atoms with Crippen molar-refractivity contribution in [3.8, 4) is 5.88 Å². The minimum absolute atomic E-state index is 0.320. The van der Waals surface area contributed by atoms with Gasteiger partial charge in [-0.3, -0.25) is 0 Å². The van der Waals surface area contributed by atoms with Crippen LogP contribution in [-0.2, 0) is 0 Å². The second-order valence-electron chi connectivity index (χ2n) is 5.45. The highest BCUT2D eigenvalue weighted by molar-refractivity contribution is 5.32. The average Bonchev–Trinajstić information content (AvgIpc) is 2.57. The van der Waals surface area contributed by atoms with Crippen LogP contribution in [0.3, 0.4) is 0 Å². The van der Waals surface area contributed by atoms with Gasteiger partial charge in [0, 0.05) is 17.8 Å². The molecule has 1 unspecified atom stereocenters. The molecule has 0 spiro atoms. The Morgan fingerprint density at radius 2 is 2.18 bits per heavy atom. The quantitative estimate of drug-likeness (QED) is 0.875. The number of rotatable bonds is 3. The Balaban J connectivity index is 2.15. The van der Waals surface area contributed by atoms with Crippen molar-refractivity contribution in [3.05, 3.63) is 11.8 Å². The fraction of sp³-hybridized carbons (Fsp3) is 0.692. The van der Waals surface area contributed by atoms with Crippen LogP contribution < -0.4 is 10.1 Å². The molecule has 2 rings (SSSR count). The number of hydrogen-bond acceptors (Lipinski definition) is 4. The minimum atomic E-state index is 0.320. The number of anilines is 1. The molecule has 0 amide bonds. The van der Waals surface area contributed by atoms with Crippen molar-refractivity contribution in [2.75, 3.05) is 12.4 Å². The van der Waals surface area contributed by atoms with E-state index in [9.17, 15) is 0 Å². The normalized spacial score (nSPS) is 22.5. The molecule has 1 atom stereocenters. The fourth-order valence-electron chi connectivity index (χ4n) is 2.46. The van der Waals surface area contributed by atoms with Crippen LogP contribution in [0.15, 0.2) is 6.07 Å². The summed E-state index contributed by atoms with van der Waals surface area (Å²) in [4.78, 5) is 8.75. The van der Waals surface area contributed by atoms with Gasteiger partial charge in [0.1, 0.15) is 0 Å². The van der Waals surface area contributed by atoms with E-state index in [1.54, 1.807) is 7.11 Å². The third kappa shape index (κ3) is 2.68. The monoisotopic (exact) mass is 235 g/mol. The van der Waals surface area contributed by atoms with Gasteiger partial charge in [-0.25, -0.2) is 4.98 Å². The number of nitrogens with zero attached hydrogens (tertiary/aromatic N) is 2. The largest absolute Gasteiger partial charge is 0.481 e. The van der Waals surface area contributed by atoms with Crippen LogP contribution in [0.2, 0.25) is 0 Å². The van der Waals surface area contributed by atoms with Crippen molar-refractivity contribution in [1.29, 1.82) is 0 Å². The lowest BCUT2D eigenvalue weighted by Gasteiger charge is -2.27. The maximum absolute atomic E-state index is 5.16. The van der Waals surface area contributed by atoms with Gasteiger partial charge < -0.3 is 10.1 Å². The third-order valence-corrected chi connectivity index (χ3v) is 3.60. The molecule has 0 radical (unpaired) electrons. The summed E-state index contributed by atoms with van der Waals surface area (Å²) in [6.45, 7) is 6.55. The molecule has 4 nitrogen and oxygen atoms in total. The highest BCUT2D eigenvalue weighted by atomic mass is 16.5. The van der Waals surface area contributed by atoms with E-state index in [-0.39, 0.29) is 0 Å². The third-order valence-electron chi connectivity index (χ3n) is 3.60. The van der Waals surface area contributed by atoms with E-state index in [1.807, 2.05) is 13.0 Å². The summed E-state index contributed by atoms with van der Waals surface area (Å²) in [5, 5.41) is 3.44. The van der Waals surface area contributed by atoms with Gasteiger partial charge in [0.15, 0.2) is 0 Å². The number of aryl methyl sites for hydroxylation is 1. The van der Waals surface area contributed by atoms with Crippen LogP contribution in [-0.4, -0.2) is 23.1 Å². The Kier molecular flexibility index (Phi) is 3.22. The molecule has 1 aromatic rings. The summed E-state index contributed by atoms with van der Waals surface area (Å²) in [5.74, 6) is 1.30. The summed E-state index contributed by atoms with van der Waals surface area (Å²) in [6.07, 6.45) is 3.72. The SMILES string of the molecule is COc1cc(C)nc(NC2CCCC2(C)C)n1.